The molecule has 1 rings (SSSR count). The lowest BCUT2D eigenvalue weighted by molar-refractivity contribution is -0.384. The summed E-state index contributed by atoms with van der Waals surface area (Å²) in [6.07, 6.45) is 0. The number of non-ortho nitro benzene ring substituents is 1. The maximum absolute atomic E-state index is 11.9. The molecule has 9 heteroatoms. The van der Waals surface area contributed by atoms with Crippen LogP contribution in [0.15, 0.2) is 12.1 Å². The number of nitrogens with one attached hydrogen (secondary N) is 1. The summed E-state index contributed by atoms with van der Waals surface area (Å²) in [4.78, 5) is 33.1. The van der Waals surface area contributed by atoms with E-state index in [2.05, 4.69) is 10.1 Å². The minimum Gasteiger partial charge on any atom is -0.467 e. The van der Waals surface area contributed by atoms with Crippen LogP contribution in [0.1, 0.15) is 17.3 Å². The van der Waals surface area contributed by atoms with Crippen molar-refractivity contribution in [1.29, 1.82) is 0 Å². The number of benzene rings is 1. The second-order valence-electron chi connectivity index (χ2n) is 3.76. The van der Waals surface area contributed by atoms with Gasteiger partial charge in [0.05, 0.1) is 27.6 Å². The Labute approximate surface area is 124 Å². The molecule has 1 aromatic carbocycles. The second kappa shape index (κ2) is 6.53. The first-order valence-electron chi connectivity index (χ1n) is 5.30. The number of halogens is 2. The summed E-state index contributed by atoms with van der Waals surface area (Å²) in [7, 11) is 1.17. The van der Waals surface area contributed by atoms with Gasteiger partial charge in [-0.15, -0.1) is 0 Å². The van der Waals surface area contributed by atoms with Crippen molar-refractivity contribution in [1.82, 2.24) is 5.32 Å². The molecule has 0 bridgehead atoms. The van der Waals surface area contributed by atoms with Gasteiger partial charge in [-0.2, -0.15) is 0 Å². The van der Waals surface area contributed by atoms with Crippen molar-refractivity contribution in [3.8, 4) is 0 Å². The van der Waals surface area contributed by atoms with Gasteiger partial charge in [0.25, 0.3) is 11.6 Å². The van der Waals surface area contributed by atoms with Crippen LogP contribution in [-0.2, 0) is 9.53 Å². The molecule has 108 valence electrons. The fraction of sp³-hybridized carbons (Fsp3) is 0.273. The highest BCUT2D eigenvalue weighted by molar-refractivity contribution is 6.44. The van der Waals surface area contributed by atoms with Crippen molar-refractivity contribution >= 4 is 40.8 Å². The third-order valence-corrected chi connectivity index (χ3v) is 3.17. The molecule has 0 aliphatic rings. The van der Waals surface area contributed by atoms with E-state index < -0.39 is 22.8 Å². The predicted molar refractivity (Wildman–Crippen MR) is 72.1 cm³/mol. The second-order valence-corrected chi connectivity index (χ2v) is 4.55. The molecule has 20 heavy (non-hydrogen) atoms. The number of amides is 1. The van der Waals surface area contributed by atoms with Crippen LogP contribution in [0.25, 0.3) is 0 Å². The normalized spacial score (nSPS) is 11.6. The Morgan fingerprint density at radius 1 is 1.40 bits per heavy atom. The number of ether oxygens (including phenoxy) is 1. The first-order valence-corrected chi connectivity index (χ1v) is 6.05. The zero-order chi connectivity index (χ0) is 15.4. The van der Waals surface area contributed by atoms with Crippen molar-refractivity contribution in [3.05, 3.63) is 37.9 Å². The summed E-state index contributed by atoms with van der Waals surface area (Å²) in [6, 6.07) is 1.08. The molecule has 1 N–H and O–H groups in total. The highest BCUT2D eigenvalue weighted by atomic mass is 35.5. The Morgan fingerprint density at radius 3 is 2.50 bits per heavy atom. The fourth-order valence-electron chi connectivity index (χ4n) is 1.36. The summed E-state index contributed by atoms with van der Waals surface area (Å²) in [6.45, 7) is 1.40. The van der Waals surface area contributed by atoms with E-state index in [9.17, 15) is 19.7 Å². The molecule has 0 saturated carbocycles. The van der Waals surface area contributed by atoms with E-state index in [-0.39, 0.29) is 21.3 Å². The van der Waals surface area contributed by atoms with Gasteiger partial charge in [-0.1, -0.05) is 23.2 Å². The number of methoxy groups -OCH3 is 1. The molecule has 1 atom stereocenters. The van der Waals surface area contributed by atoms with Crippen LogP contribution in [0.3, 0.4) is 0 Å². The number of nitro benzene ring substituents is 1. The molecule has 1 aromatic rings. The molecular weight excluding hydrogens is 311 g/mol. The van der Waals surface area contributed by atoms with E-state index >= 15 is 0 Å². The Kier molecular flexibility index (Phi) is 5.29. The zero-order valence-electron chi connectivity index (χ0n) is 10.5. The topological polar surface area (TPSA) is 98.5 Å². The monoisotopic (exact) mass is 320 g/mol. The van der Waals surface area contributed by atoms with Crippen LogP contribution in [-0.4, -0.2) is 30.0 Å². The number of carbonyl (C=O) groups excluding carboxylic acids is 2. The molecule has 0 aromatic heterocycles. The first kappa shape index (κ1) is 16.2. The van der Waals surface area contributed by atoms with Gasteiger partial charge in [-0.3, -0.25) is 14.9 Å². The number of nitrogens with zero attached hydrogens (tertiary/aromatic N) is 1. The average Bonchev–Trinajstić information content (AvgIpc) is 2.39. The molecule has 0 aliphatic carbocycles. The fourth-order valence-corrected chi connectivity index (χ4v) is 1.76. The van der Waals surface area contributed by atoms with Gasteiger partial charge in [0.15, 0.2) is 0 Å². The van der Waals surface area contributed by atoms with E-state index in [0.717, 1.165) is 12.1 Å². The third kappa shape index (κ3) is 3.58. The maximum Gasteiger partial charge on any atom is 0.328 e. The van der Waals surface area contributed by atoms with E-state index in [1.807, 2.05) is 0 Å². The molecule has 0 aliphatic heterocycles. The summed E-state index contributed by atoms with van der Waals surface area (Å²) in [5.41, 5.74) is -0.572. The Balaban J connectivity index is 3.09. The van der Waals surface area contributed by atoms with Crippen molar-refractivity contribution in [2.24, 2.45) is 0 Å². The molecule has 0 saturated heterocycles. The lowest BCUT2D eigenvalue weighted by atomic mass is 10.1. The largest absolute Gasteiger partial charge is 0.467 e. The summed E-state index contributed by atoms with van der Waals surface area (Å²) in [5.74, 6) is -1.43. The number of nitro groups is 1. The summed E-state index contributed by atoms with van der Waals surface area (Å²) >= 11 is 11.6. The van der Waals surface area contributed by atoms with Crippen LogP contribution >= 0.6 is 23.2 Å². The van der Waals surface area contributed by atoms with Crippen molar-refractivity contribution in [2.45, 2.75) is 13.0 Å². The van der Waals surface area contributed by atoms with E-state index in [1.165, 1.54) is 14.0 Å². The molecule has 0 heterocycles. The summed E-state index contributed by atoms with van der Waals surface area (Å²) < 4.78 is 4.44. The minimum absolute atomic E-state index is 0.128. The highest BCUT2D eigenvalue weighted by Gasteiger charge is 2.22. The Hall–Kier alpha value is -1.86. The van der Waals surface area contributed by atoms with Gasteiger partial charge in [-0.05, 0) is 6.92 Å². The predicted octanol–water partition coefficient (Wildman–Crippen LogP) is 2.19. The lowest BCUT2D eigenvalue weighted by Crippen LogP contribution is -2.39. The van der Waals surface area contributed by atoms with E-state index in [1.54, 1.807) is 0 Å². The number of hydrogen-bond donors (Lipinski definition) is 1. The van der Waals surface area contributed by atoms with Crippen molar-refractivity contribution in [2.75, 3.05) is 7.11 Å². The molecule has 1 amide bonds. The smallest absolute Gasteiger partial charge is 0.328 e. The molecule has 0 fully saturated rings. The van der Waals surface area contributed by atoms with Crippen LogP contribution in [0.4, 0.5) is 5.69 Å². The van der Waals surface area contributed by atoms with Gasteiger partial charge in [0.2, 0.25) is 0 Å². The number of rotatable bonds is 4. The van der Waals surface area contributed by atoms with Gasteiger partial charge in [0.1, 0.15) is 6.04 Å². The number of carbonyl (C=O) groups is 2. The maximum atomic E-state index is 11.9. The molecule has 7 nitrogen and oxygen atoms in total. The number of hydrogen-bond acceptors (Lipinski definition) is 5. The van der Waals surface area contributed by atoms with Gasteiger partial charge >= 0.3 is 5.97 Å². The molecule has 0 radical (unpaired) electrons. The van der Waals surface area contributed by atoms with Gasteiger partial charge in [-0.25, -0.2) is 4.79 Å². The zero-order valence-corrected chi connectivity index (χ0v) is 12.0. The quantitative estimate of drug-likeness (QED) is 0.521. The minimum atomic E-state index is -0.929. The van der Waals surface area contributed by atoms with Crippen LogP contribution in [0, 0.1) is 10.1 Å². The lowest BCUT2D eigenvalue weighted by Gasteiger charge is -2.12. The molecule has 0 spiro atoms. The van der Waals surface area contributed by atoms with Gasteiger partial charge in [0, 0.05) is 12.1 Å². The molecule has 0 unspecified atom stereocenters. The standard InChI is InChI=1S/C11H10Cl2N2O5/c1-5(11(17)20-2)14-10(16)7-3-6(15(18)19)4-8(12)9(7)13/h3-5H,1-2H3,(H,14,16)/t5-/m0/s1. The average molecular weight is 321 g/mol. The van der Waals surface area contributed by atoms with Crippen molar-refractivity contribution < 1.29 is 19.2 Å². The Bertz CT molecular complexity index is 576. The highest BCUT2D eigenvalue weighted by Crippen LogP contribution is 2.30. The van der Waals surface area contributed by atoms with E-state index in [0.29, 0.717) is 0 Å². The SMILES string of the molecule is COC(=O)[C@H](C)NC(=O)c1cc([N+](=O)[O-])cc(Cl)c1Cl. The van der Waals surface area contributed by atoms with Crippen molar-refractivity contribution in [3.63, 3.8) is 0 Å². The van der Waals surface area contributed by atoms with E-state index in [4.69, 9.17) is 23.2 Å². The van der Waals surface area contributed by atoms with Gasteiger partial charge < -0.3 is 10.1 Å². The Morgan fingerprint density at radius 2 is 2.00 bits per heavy atom. The van der Waals surface area contributed by atoms with Crippen LogP contribution < -0.4 is 5.32 Å². The first-order chi connectivity index (χ1) is 9.27. The molecular formula is C11H10Cl2N2O5. The summed E-state index contributed by atoms with van der Waals surface area (Å²) in [5, 5.41) is 12.8. The van der Waals surface area contributed by atoms with Crippen LogP contribution in [0.2, 0.25) is 10.0 Å². The van der Waals surface area contributed by atoms with Crippen LogP contribution in [0.5, 0.6) is 0 Å². The number of esters is 1. The third-order valence-electron chi connectivity index (χ3n) is 2.37.